The number of hydrogen-bond donors (Lipinski definition) is 0. The highest BCUT2D eigenvalue weighted by atomic mass is 28.4. The number of hydrogen-bond acceptors (Lipinski definition) is 6. The third kappa shape index (κ3) is 3.99. The number of nitrogens with zero attached hydrogens (tertiary/aromatic N) is 1. The molecule has 0 bridgehead atoms. The minimum absolute atomic E-state index is 0.546. The standard InChI is InChI=1S/C10H21NO5Si/c1-12-17(10-11-2-4-13-5-3-11)15-8-6-14-7-9-16-17/h2-10H2,1H3. The van der Waals surface area contributed by atoms with Crippen LogP contribution in [0.4, 0.5) is 0 Å². The van der Waals surface area contributed by atoms with Gasteiger partial charge < -0.3 is 22.8 Å². The van der Waals surface area contributed by atoms with Crippen LogP contribution in [0.1, 0.15) is 0 Å². The van der Waals surface area contributed by atoms with E-state index >= 15 is 0 Å². The molecule has 0 aromatic carbocycles. The van der Waals surface area contributed by atoms with E-state index in [0.717, 1.165) is 32.5 Å². The summed E-state index contributed by atoms with van der Waals surface area (Å²) in [5, 5.41) is 0. The molecule has 17 heavy (non-hydrogen) atoms. The lowest BCUT2D eigenvalue weighted by Crippen LogP contribution is -2.57. The monoisotopic (exact) mass is 263 g/mol. The minimum atomic E-state index is -2.54. The molecular formula is C10H21NO5Si. The van der Waals surface area contributed by atoms with E-state index in [-0.39, 0.29) is 0 Å². The van der Waals surface area contributed by atoms with Gasteiger partial charge in [0.1, 0.15) is 0 Å². The molecule has 0 atom stereocenters. The maximum atomic E-state index is 5.81. The number of ether oxygens (including phenoxy) is 2. The SMILES string of the molecule is CO[Si]1(CN2CCOCC2)OCCOCCO1. The van der Waals surface area contributed by atoms with Gasteiger partial charge in [0.2, 0.25) is 0 Å². The molecule has 2 rings (SSSR count). The Balaban J connectivity index is 1.90. The zero-order valence-electron chi connectivity index (χ0n) is 10.4. The van der Waals surface area contributed by atoms with Crippen LogP contribution < -0.4 is 0 Å². The van der Waals surface area contributed by atoms with E-state index in [1.165, 1.54) is 0 Å². The first-order valence-electron chi connectivity index (χ1n) is 6.05. The second-order valence-corrected chi connectivity index (χ2v) is 6.75. The summed E-state index contributed by atoms with van der Waals surface area (Å²) >= 11 is 0. The van der Waals surface area contributed by atoms with Gasteiger partial charge in [0, 0.05) is 20.2 Å². The molecule has 100 valence electrons. The Morgan fingerprint density at radius 1 is 0.941 bits per heavy atom. The lowest BCUT2D eigenvalue weighted by molar-refractivity contribution is -0.0228. The van der Waals surface area contributed by atoms with Crippen LogP contribution in [0.25, 0.3) is 0 Å². The van der Waals surface area contributed by atoms with Crippen LogP contribution in [-0.4, -0.2) is 79.7 Å². The number of morpholine rings is 1. The average molecular weight is 263 g/mol. The second kappa shape index (κ2) is 6.79. The Kier molecular flexibility index (Phi) is 5.35. The van der Waals surface area contributed by atoms with Crippen molar-refractivity contribution in [3.63, 3.8) is 0 Å². The van der Waals surface area contributed by atoms with Gasteiger partial charge in [0.25, 0.3) is 0 Å². The molecule has 0 unspecified atom stereocenters. The van der Waals surface area contributed by atoms with Crippen molar-refractivity contribution in [3.05, 3.63) is 0 Å². The Morgan fingerprint density at radius 2 is 1.53 bits per heavy atom. The van der Waals surface area contributed by atoms with Crippen molar-refractivity contribution in [2.45, 2.75) is 0 Å². The van der Waals surface area contributed by atoms with Crippen LogP contribution in [0.15, 0.2) is 0 Å². The molecule has 0 amide bonds. The smallest absolute Gasteiger partial charge is 0.379 e. The molecule has 0 aromatic rings. The highest BCUT2D eigenvalue weighted by Gasteiger charge is 2.43. The Labute approximate surface area is 103 Å². The van der Waals surface area contributed by atoms with Gasteiger partial charge in [-0.05, 0) is 0 Å². The van der Waals surface area contributed by atoms with Crippen LogP contribution in [0.3, 0.4) is 0 Å². The van der Waals surface area contributed by atoms with Crippen LogP contribution in [0, 0.1) is 0 Å². The maximum absolute atomic E-state index is 5.81. The van der Waals surface area contributed by atoms with Crippen molar-refractivity contribution in [2.24, 2.45) is 0 Å². The quantitative estimate of drug-likeness (QED) is 0.640. The molecule has 0 aliphatic carbocycles. The van der Waals surface area contributed by atoms with Gasteiger partial charge in [-0.2, -0.15) is 0 Å². The molecule has 2 saturated heterocycles. The zero-order chi connectivity index (χ0) is 12.0. The van der Waals surface area contributed by atoms with Gasteiger partial charge in [0.15, 0.2) is 0 Å². The summed E-state index contributed by atoms with van der Waals surface area (Å²) in [7, 11) is -0.861. The van der Waals surface area contributed by atoms with Crippen molar-refractivity contribution in [3.8, 4) is 0 Å². The highest BCUT2D eigenvalue weighted by Crippen LogP contribution is 2.13. The summed E-state index contributed by atoms with van der Waals surface area (Å²) in [6.07, 6.45) is 0.743. The third-order valence-electron chi connectivity index (χ3n) is 2.93. The second-order valence-electron chi connectivity index (χ2n) is 4.08. The van der Waals surface area contributed by atoms with Gasteiger partial charge >= 0.3 is 8.80 Å². The summed E-state index contributed by atoms with van der Waals surface area (Å²) in [6.45, 7) is 5.71. The van der Waals surface area contributed by atoms with Crippen LogP contribution in [-0.2, 0) is 22.8 Å². The van der Waals surface area contributed by atoms with E-state index in [1.807, 2.05) is 0 Å². The van der Waals surface area contributed by atoms with Gasteiger partial charge in [0.05, 0.1) is 45.8 Å². The fourth-order valence-electron chi connectivity index (χ4n) is 1.96. The minimum Gasteiger partial charge on any atom is -0.379 e. The summed E-state index contributed by atoms with van der Waals surface area (Å²) in [4.78, 5) is 2.29. The first kappa shape index (κ1) is 13.4. The first-order valence-corrected chi connectivity index (χ1v) is 7.99. The molecule has 0 N–H and O–H groups in total. The molecular weight excluding hydrogens is 242 g/mol. The number of rotatable bonds is 3. The summed E-state index contributed by atoms with van der Waals surface area (Å²) in [5.41, 5.74) is 0. The molecule has 0 saturated carbocycles. The molecule has 0 radical (unpaired) electrons. The van der Waals surface area contributed by atoms with E-state index in [1.54, 1.807) is 7.11 Å². The molecule has 2 aliphatic rings. The Morgan fingerprint density at radius 3 is 2.12 bits per heavy atom. The molecule has 0 aromatic heterocycles. The highest BCUT2D eigenvalue weighted by molar-refractivity contribution is 6.60. The molecule has 2 aliphatic heterocycles. The fraction of sp³-hybridized carbons (Fsp3) is 1.00. The predicted octanol–water partition coefficient (Wildman–Crippen LogP) is -0.493. The summed E-state index contributed by atoms with van der Waals surface area (Å²) in [6, 6.07) is 0. The summed E-state index contributed by atoms with van der Waals surface area (Å²) in [5.74, 6) is 0. The predicted molar refractivity (Wildman–Crippen MR) is 62.7 cm³/mol. The lowest BCUT2D eigenvalue weighted by atomic mass is 10.5. The van der Waals surface area contributed by atoms with Gasteiger partial charge in [-0.3, -0.25) is 4.90 Å². The van der Waals surface area contributed by atoms with Crippen LogP contribution in [0.5, 0.6) is 0 Å². The van der Waals surface area contributed by atoms with Crippen LogP contribution in [0.2, 0.25) is 0 Å². The molecule has 7 heteroatoms. The van der Waals surface area contributed by atoms with Gasteiger partial charge in [-0.1, -0.05) is 0 Å². The Bertz CT molecular complexity index is 217. The molecule has 2 fully saturated rings. The van der Waals surface area contributed by atoms with Crippen LogP contribution >= 0.6 is 0 Å². The molecule has 0 spiro atoms. The van der Waals surface area contributed by atoms with Gasteiger partial charge in [-0.25, -0.2) is 0 Å². The average Bonchev–Trinajstić information content (AvgIpc) is 2.34. The first-order chi connectivity index (χ1) is 8.35. The Hall–Kier alpha value is -0.0231. The van der Waals surface area contributed by atoms with E-state index in [2.05, 4.69) is 4.90 Å². The van der Waals surface area contributed by atoms with E-state index in [4.69, 9.17) is 22.8 Å². The van der Waals surface area contributed by atoms with Crippen molar-refractivity contribution < 1.29 is 22.8 Å². The van der Waals surface area contributed by atoms with E-state index < -0.39 is 8.80 Å². The third-order valence-corrected chi connectivity index (χ3v) is 5.68. The lowest BCUT2D eigenvalue weighted by Gasteiger charge is -2.35. The van der Waals surface area contributed by atoms with E-state index in [9.17, 15) is 0 Å². The van der Waals surface area contributed by atoms with E-state index in [0.29, 0.717) is 26.4 Å². The van der Waals surface area contributed by atoms with Crippen molar-refractivity contribution >= 4 is 8.80 Å². The van der Waals surface area contributed by atoms with Crippen molar-refractivity contribution in [2.75, 3.05) is 66.0 Å². The zero-order valence-corrected chi connectivity index (χ0v) is 11.4. The molecule has 2 heterocycles. The van der Waals surface area contributed by atoms with Gasteiger partial charge in [-0.15, -0.1) is 0 Å². The largest absolute Gasteiger partial charge is 0.515 e. The molecule has 6 nitrogen and oxygen atoms in total. The summed E-state index contributed by atoms with van der Waals surface area (Å²) < 4.78 is 27.8. The van der Waals surface area contributed by atoms with Crippen molar-refractivity contribution in [1.82, 2.24) is 4.90 Å². The van der Waals surface area contributed by atoms with Crippen molar-refractivity contribution in [1.29, 1.82) is 0 Å². The maximum Gasteiger partial charge on any atom is 0.515 e. The normalized spacial score (nSPS) is 27.4. The topological polar surface area (TPSA) is 49.4 Å². The fourth-order valence-corrected chi connectivity index (χ4v) is 4.25.